The van der Waals surface area contributed by atoms with Crippen LogP contribution in [0, 0.1) is 13.8 Å². The van der Waals surface area contributed by atoms with E-state index in [1.807, 2.05) is 51.1 Å². The van der Waals surface area contributed by atoms with Gasteiger partial charge in [-0.1, -0.05) is 19.1 Å². The number of benzene rings is 2. The summed E-state index contributed by atoms with van der Waals surface area (Å²) in [6.45, 7) is 6.06. The zero-order valence-corrected chi connectivity index (χ0v) is 15.0. The number of carbonyl (C=O) groups is 1. The molecule has 128 valence electrons. The summed E-state index contributed by atoms with van der Waals surface area (Å²) < 4.78 is 10.6. The van der Waals surface area contributed by atoms with Crippen molar-refractivity contribution in [2.45, 2.75) is 33.1 Å². The van der Waals surface area contributed by atoms with Gasteiger partial charge in [0.2, 0.25) is 5.91 Å². The molecular weight excluding hydrogens is 302 g/mol. The van der Waals surface area contributed by atoms with Crippen LogP contribution in [0.15, 0.2) is 36.4 Å². The molecule has 2 rings (SSSR count). The maximum atomic E-state index is 12.4. The molecule has 1 N–H and O–H groups in total. The van der Waals surface area contributed by atoms with Crippen LogP contribution in [0.25, 0.3) is 0 Å². The van der Waals surface area contributed by atoms with E-state index in [4.69, 9.17) is 9.47 Å². The van der Waals surface area contributed by atoms with Gasteiger partial charge in [0.25, 0.3) is 0 Å². The highest BCUT2D eigenvalue weighted by Crippen LogP contribution is 2.32. The van der Waals surface area contributed by atoms with Gasteiger partial charge in [0.15, 0.2) is 0 Å². The molecule has 2 aromatic carbocycles. The predicted octanol–water partition coefficient (Wildman–Crippen LogP) is 4.45. The van der Waals surface area contributed by atoms with Gasteiger partial charge in [-0.15, -0.1) is 0 Å². The molecule has 24 heavy (non-hydrogen) atoms. The predicted molar refractivity (Wildman–Crippen MR) is 97.1 cm³/mol. The minimum atomic E-state index is -0.00892. The van der Waals surface area contributed by atoms with Crippen LogP contribution in [-0.2, 0) is 4.79 Å². The molecule has 0 saturated carbocycles. The van der Waals surface area contributed by atoms with Crippen LogP contribution in [0.5, 0.6) is 11.5 Å². The first-order valence-electron chi connectivity index (χ1n) is 8.03. The van der Waals surface area contributed by atoms with Crippen molar-refractivity contribution < 1.29 is 14.3 Å². The van der Waals surface area contributed by atoms with Gasteiger partial charge < -0.3 is 14.8 Å². The van der Waals surface area contributed by atoms with E-state index in [2.05, 4.69) is 11.4 Å². The zero-order valence-electron chi connectivity index (χ0n) is 15.0. The standard InChI is InChI=1S/C20H25NO3/c1-13-8-14(2)10-16(9-13)21-20(22)11-15(3)18-7-6-17(23-4)12-19(18)24-5/h6-10,12,15H,11H2,1-5H3,(H,21,22). The molecule has 0 bridgehead atoms. The zero-order chi connectivity index (χ0) is 17.7. The summed E-state index contributed by atoms with van der Waals surface area (Å²) >= 11 is 0. The van der Waals surface area contributed by atoms with Gasteiger partial charge in [-0.2, -0.15) is 0 Å². The summed E-state index contributed by atoms with van der Waals surface area (Å²) in [4.78, 5) is 12.4. The Morgan fingerprint density at radius 2 is 1.71 bits per heavy atom. The van der Waals surface area contributed by atoms with Gasteiger partial charge in [0.1, 0.15) is 11.5 Å². The number of aryl methyl sites for hydroxylation is 2. The van der Waals surface area contributed by atoms with E-state index >= 15 is 0 Å². The molecule has 1 unspecified atom stereocenters. The molecule has 2 aromatic rings. The first-order valence-corrected chi connectivity index (χ1v) is 8.03. The normalized spacial score (nSPS) is 11.7. The summed E-state index contributed by atoms with van der Waals surface area (Å²) in [5, 5.41) is 2.98. The number of anilines is 1. The topological polar surface area (TPSA) is 47.6 Å². The second-order valence-corrected chi connectivity index (χ2v) is 6.14. The van der Waals surface area contributed by atoms with Crippen LogP contribution in [0.2, 0.25) is 0 Å². The van der Waals surface area contributed by atoms with Crippen molar-refractivity contribution in [2.75, 3.05) is 19.5 Å². The Morgan fingerprint density at radius 1 is 1.04 bits per heavy atom. The number of hydrogen-bond acceptors (Lipinski definition) is 3. The van der Waals surface area contributed by atoms with Gasteiger partial charge in [-0.25, -0.2) is 0 Å². The largest absolute Gasteiger partial charge is 0.497 e. The Labute approximate surface area is 143 Å². The Bertz CT molecular complexity index is 705. The minimum Gasteiger partial charge on any atom is -0.497 e. The van der Waals surface area contributed by atoms with E-state index in [0.29, 0.717) is 6.42 Å². The second kappa shape index (κ2) is 7.86. The van der Waals surface area contributed by atoms with Crippen LogP contribution in [0.4, 0.5) is 5.69 Å². The lowest BCUT2D eigenvalue weighted by molar-refractivity contribution is -0.116. The summed E-state index contributed by atoms with van der Waals surface area (Å²) in [6.07, 6.45) is 0.385. The van der Waals surface area contributed by atoms with Crippen LogP contribution in [-0.4, -0.2) is 20.1 Å². The molecule has 0 fully saturated rings. The van der Waals surface area contributed by atoms with E-state index in [9.17, 15) is 4.79 Å². The van der Waals surface area contributed by atoms with E-state index in [1.165, 1.54) is 0 Å². The van der Waals surface area contributed by atoms with E-state index in [-0.39, 0.29) is 11.8 Å². The van der Waals surface area contributed by atoms with Gasteiger partial charge in [-0.3, -0.25) is 4.79 Å². The van der Waals surface area contributed by atoms with Gasteiger partial charge in [0, 0.05) is 18.2 Å². The van der Waals surface area contributed by atoms with Crippen LogP contribution in [0.1, 0.15) is 36.0 Å². The quantitative estimate of drug-likeness (QED) is 0.852. The molecule has 1 amide bonds. The van der Waals surface area contributed by atoms with E-state index in [1.54, 1.807) is 14.2 Å². The number of methoxy groups -OCH3 is 2. The lowest BCUT2D eigenvalue weighted by Crippen LogP contribution is -2.15. The molecule has 4 heteroatoms. The maximum Gasteiger partial charge on any atom is 0.224 e. The molecule has 0 heterocycles. The van der Waals surface area contributed by atoms with Crippen molar-refractivity contribution in [3.05, 3.63) is 53.1 Å². The highest BCUT2D eigenvalue weighted by molar-refractivity contribution is 5.91. The Kier molecular flexibility index (Phi) is 5.85. The third-order valence-electron chi connectivity index (χ3n) is 3.97. The van der Waals surface area contributed by atoms with E-state index < -0.39 is 0 Å². The van der Waals surface area contributed by atoms with Crippen molar-refractivity contribution >= 4 is 11.6 Å². The molecule has 0 aliphatic rings. The van der Waals surface area contributed by atoms with Crippen molar-refractivity contribution in [2.24, 2.45) is 0 Å². The average Bonchev–Trinajstić information content (AvgIpc) is 2.52. The highest BCUT2D eigenvalue weighted by atomic mass is 16.5. The Balaban J connectivity index is 2.08. The van der Waals surface area contributed by atoms with Crippen molar-refractivity contribution in [1.82, 2.24) is 0 Å². The fourth-order valence-corrected chi connectivity index (χ4v) is 2.87. The Morgan fingerprint density at radius 3 is 2.29 bits per heavy atom. The van der Waals surface area contributed by atoms with Gasteiger partial charge in [-0.05, 0) is 54.7 Å². The molecular formula is C20H25NO3. The fraction of sp³-hybridized carbons (Fsp3) is 0.350. The fourth-order valence-electron chi connectivity index (χ4n) is 2.87. The van der Waals surface area contributed by atoms with Gasteiger partial charge >= 0.3 is 0 Å². The first-order chi connectivity index (χ1) is 11.4. The molecule has 0 aliphatic carbocycles. The average molecular weight is 327 g/mol. The van der Waals surface area contributed by atoms with Crippen molar-refractivity contribution in [1.29, 1.82) is 0 Å². The van der Waals surface area contributed by atoms with Crippen LogP contribution < -0.4 is 14.8 Å². The molecule has 4 nitrogen and oxygen atoms in total. The third-order valence-corrected chi connectivity index (χ3v) is 3.97. The number of rotatable bonds is 6. The van der Waals surface area contributed by atoms with Crippen molar-refractivity contribution in [3.8, 4) is 11.5 Å². The molecule has 0 radical (unpaired) electrons. The number of ether oxygens (including phenoxy) is 2. The number of carbonyl (C=O) groups excluding carboxylic acids is 1. The third kappa shape index (κ3) is 4.51. The summed E-state index contributed by atoms with van der Waals surface area (Å²) in [7, 11) is 3.25. The second-order valence-electron chi connectivity index (χ2n) is 6.14. The molecule has 0 spiro atoms. The van der Waals surface area contributed by atoms with Crippen molar-refractivity contribution in [3.63, 3.8) is 0 Å². The van der Waals surface area contributed by atoms with Gasteiger partial charge in [0.05, 0.1) is 14.2 Å². The van der Waals surface area contributed by atoms with Crippen LogP contribution >= 0.6 is 0 Å². The van der Waals surface area contributed by atoms with E-state index in [0.717, 1.165) is 33.9 Å². The Hall–Kier alpha value is -2.49. The SMILES string of the molecule is COc1ccc(C(C)CC(=O)Nc2cc(C)cc(C)c2)c(OC)c1. The number of amides is 1. The molecule has 0 aliphatic heterocycles. The summed E-state index contributed by atoms with van der Waals surface area (Å²) in [5.74, 6) is 1.51. The van der Waals surface area contributed by atoms with Crippen LogP contribution in [0.3, 0.4) is 0 Å². The highest BCUT2D eigenvalue weighted by Gasteiger charge is 2.16. The monoisotopic (exact) mass is 327 g/mol. The number of hydrogen-bond donors (Lipinski definition) is 1. The lowest BCUT2D eigenvalue weighted by atomic mass is 9.96. The maximum absolute atomic E-state index is 12.4. The minimum absolute atomic E-state index is 0.00892. The molecule has 1 atom stereocenters. The summed E-state index contributed by atoms with van der Waals surface area (Å²) in [5.41, 5.74) is 4.10. The molecule has 0 saturated heterocycles. The number of nitrogens with one attached hydrogen (secondary N) is 1. The summed E-state index contributed by atoms with van der Waals surface area (Å²) in [6, 6.07) is 11.7. The lowest BCUT2D eigenvalue weighted by Gasteiger charge is -2.16. The molecule has 0 aromatic heterocycles. The smallest absolute Gasteiger partial charge is 0.224 e. The first kappa shape index (κ1) is 17.9.